The van der Waals surface area contributed by atoms with Gasteiger partial charge in [-0.2, -0.15) is 5.10 Å². The highest BCUT2D eigenvalue weighted by Crippen LogP contribution is 2.24. The van der Waals surface area contributed by atoms with Crippen molar-refractivity contribution in [2.24, 2.45) is 5.10 Å². The molecule has 0 spiro atoms. The summed E-state index contributed by atoms with van der Waals surface area (Å²) in [6.45, 7) is 1.82. The van der Waals surface area contributed by atoms with Crippen LogP contribution in [-0.4, -0.2) is 24.1 Å². The summed E-state index contributed by atoms with van der Waals surface area (Å²) < 4.78 is 0. The Hall–Kier alpha value is -4.51. The SMILES string of the molecule is CC/C(=N/NC(=O)CNC(=O)C(c1ccccc1)c1ccccc1)c1ccc(-c2ccccc2)cc1. The van der Waals surface area contributed by atoms with Gasteiger partial charge >= 0.3 is 0 Å². The van der Waals surface area contributed by atoms with Gasteiger partial charge in [0.05, 0.1) is 18.2 Å². The summed E-state index contributed by atoms with van der Waals surface area (Å²) in [4.78, 5) is 25.6. The highest BCUT2D eigenvalue weighted by molar-refractivity contribution is 6.01. The molecule has 2 N–H and O–H groups in total. The molecule has 2 amide bonds. The van der Waals surface area contributed by atoms with Gasteiger partial charge in [0.15, 0.2) is 0 Å². The lowest BCUT2D eigenvalue weighted by molar-refractivity contribution is -0.126. The third-order valence-corrected chi connectivity index (χ3v) is 5.93. The molecule has 0 aliphatic carbocycles. The molecule has 5 nitrogen and oxygen atoms in total. The zero-order chi connectivity index (χ0) is 25.2. The molecule has 0 saturated heterocycles. The minimum absolute atomic E-state index is 0.164. The second-order valence-corrected chi connectivity index (χ2v) is 8.36. The van der Waals surface area contributed by atoms with Crippen molar-refractivity contribution in [2.45, 2.75) is 19.3 Å². The summed E-state index contributed by atoms with van der Waals surface area (Å²) >= 11 is 0. The number of hydrogen-bond acceptors (Lipinski definition) is 3. The third-order valence-electron chi connectivity index (χ3n) is 5.93. The van der Waals surface area contributed by atoms with Crippen molar-refractivity contribution in [1.82, 2.24) is 10.7 Å². The van der Waals surface area contributed by atoms with E-state index in [1.54, 1.807) is 0 Å². The first-order valence-corrected chi connectivity index (χ1v) is 12.0. The van der Waals surface area contributed by atoms with Crippen molar-refractivity contribution in [2.75, 3.05) is 6.54 Å². The van der Waals surface area contributed by atoms with Crippen molar-refractivity contribution in [3.8, 4) is 11.1 Å². The molecule has 0 atom stereocenters. The quantitative estimate of drug-likeness (QED) is 0.247. The highest BCUT2D eigenvalue weighted by Gasteiger charge is 2.22. The Morgan fingerprint density at radius 1 is 0.694 bits per heavy atom. The van der Waals surface area contributed by atoms with Crippen molar-refractivity contribution in [3.63, 3.8) is 0 Å². The zero-order valence-electron chi connectivity index (χ0n) is 20.2. The molecule has 4 rings (SSSR count). The summed E-state index contributed by atoms with van der Waals surface area (Å²) in [5.74, 6) is -1.12. The number of carbonyl (C=O) groups excluding carboxylic acids is 2. The second-order valence-electron chi connectivity index (χ2n) is 8.36. The Balaban J connectivity index is 1.39. The molecule has 5 heteroatoms. The molecule has 0 bridgehead atoms. The molecule has 4 aromatic rings. The van der Waals surface area contributed by atoms with E-state index in [0.717, 1.165) is 33.5 Å². The first-order valence-electron chi connectivity index (χ1n) is 12.0. The highest BCUT2D eigenvalue weighted by atomic mass is 16.2. The fourth-order valence-electron chi connectivity index (χ4n) is 4.06. The van der Waals surface area contributed by atoms with E-state index >= 15 is 0 Å². The average Bonchev–Trinajstić information content (AvgIpc) is 2.94. The fraction of sp³-hybridized carbons (Fsp3) is 0.129. The van der Waals surface area contributed by atoms with E-state index in [-0.39, 0.29) is 18.4 Å². The van der Waals surface area contributed by atoms with Crippen LogP contribution in [0.4, 0.5) is 0 Å². The van der Waals surface area contributed by atoms with Gasteiger partial charge in [-0.05, 0) is 34.2 Å². The Morgan fingerprint density at radius 2 is 1.19 bits per heavy atom. The monoisotopic (exact) mass is 475 g/mol. The van der Waals surface area contributed by atoms with E-state index in [0.29, 0.717) is 6.42 Å². The number of carbonyl (C=O) groups is 2. The van der Waals surface area contributed by atoms with Crippen LogP contribution in [0.5, 0.6) is 0 Å². The van der Waals surface area contributed by atoms with E-state index < -0.39 is 5.92 Å². The van der Waals surface area contributed by atoms with Gasteiger partial charge in [0.2, 0.25) is 5.91 Å². The number of hydrogen-bond donors (Lipinski definition) is 2. The number of nitrogens with one attached hydrogen (secondary N) is 2. The van der Waals surface area contributed by atoms with Gasteiger partial charge in [-0.25, -0.2) is 5.43 Å². The van der Waals surface area contributed by atoms with Crippen LogP contribution in [-0.2, 0) is 9.59 Å². The molecule has 0 aliphatic heterocycles. The van der Waals surface area contributed by atoms with Crippen LogP contribution in [0.3, 0.4) is 0 Å². The molecule has 180 valence electrons. The van der Waals surface area contributed by atoms with Crippen molar-refractivity contribution in [1.29, 1.82) is 0 Å². The molecule has 0 saturated carbocycles. The van der Waals surface area contributed by atoms with Gasteiger partial charge < -0.3 is 5.32 Å². The van der Waals surface area contributed by atoms with Crippen LogP contribution in [0.25, 0.3) is 11.1 Å². The molecule has 36 heavy (non-hydrogen) atoms. The van der Waals surface area contributed by atoms with Gasteiger partial charge in [-0.3, -0.25) is 9.59 Å². The fourth-order valence-corrected chi connectivity index (χ4v) is 4.06. The Kier molecular flexibility index (Phi) is 8.39. The lowest BCUT2D eigenvalue weighted by Gasteiger charge is -2.17. The van der Waals surface area contributed by atoms with E-state index in [1.165, 1.54) is 0 Å². The standard InChI is InChI=1S/C31H29N3O2/c1-2-28(25-20-18-24(19-21-25)23-12-6-3-7-13-23)33-34-29(35)22-32-31(36)30(26-14-8-4-9-15-26)27-16-10-5-11-17-27/h3-21,30H,2,22H2,1H3,(H,32,36)(H,34,35)/b33-28-. The molecule has 4 aromatic carbocycles. The van der Waals surface area contributed by atoms with Crippen molar-refractivity contribution < 1.29 is 9.59 Å². The molecule has 0 radical (unpaired) electrons. The Labute approximate surface area is 211 Å². The molecule has 0 heterocycles. The number of nitrogens with zero attached hydrogens (tertiary/aromatic N) is 1. The van der Waals surface area contributed by atoms with Crippen LogP contribution >= 0.6 is 0 Å². The van der Waals surface area contributed by atoms with Gasteiger partial charge in [0.25, 0.3) is 5.91 Å². The van der Waals surface area contributed by atoms with Crippen molar-refractivity contribution in [3.05, 3.63) is 132 Å². The van der Waals surface area contributed by atoms with Gasteiger partial charge in [0, 0.05) is 0 Å². The Morgan fingerprint density at radius 3 is 1.72 bits per heavy atom. The van der Waals surface area contributed by atoms with Gasteiger partial charge in [-0.15, -0.1) is 0 Å². The number of hydrazone groups is 1. The summed E-state index contributed by atoms with van der Waals surface area (Å²) in [6, 6.07) is 37.3. The summed E-state index contributed by atoms with van der Waals surface area (Å²) in [6.07, 6.45) is 0.654. The average molecular weight is 476 g/mol. The molecule has 0 unspecified atom stereocenters. The minimum atomic E-state index is -0.502. The smallest absolute Gasteiger partial charge is 0.259 e. The van der Waals surface area contributed by atoms with Crippen LogP contribution in [0.1, 0.15) is 36.0 Å². The van der Waals surface area contributed by atoms with Crippen LogP contribution in [0, 0.1) is 0 Å². The third kappa shape index (κ3) is 6.33. The minimum Gasteiger partial charge on any atom is -0.346 e. The number of amides is 2. The van der Waals surface area contributed by atoms with E-state index in [9.17, 15) is 9.59 Å². The topological polar surface area (TPSA) is 70.6 Å². The number of benzene rings is 4. The molecule has 0 aliphatic rings. The predicted octanol–water partition coefficient (Wildman–Crippen LogP) is 5.53. The summed E-state index contributed by atoms with van der Waals surface area (Å²) in [7, 11) is 0. The molecule has 0 fully saturated rings. The molecular formula is C31H29N3O2. The predicted molar refractivity (Wildman–Crippen MR) is 145 cm³/mol. The van der Waals surface area contributed by atoms with Crippen LogP contribution in [0.2, 0.25) is 0 Å². The van der Waals surface area contributed by atoms with Crippen LogP contribution in [0.15, 0.2) is 120 Å². The maximum Gasteiger partial charge on any atom is 0.259 e. The first kappa shape index (κ1) is 24.6. The second kappa shape index (κ2) is 12.3. The normalized spacial score (nSPS) is 11.2. The lowest BCUT2D eigenvalue weighted by Crippen LogP contribution is -2.38. The molecule has 0 aromatic heterocycles. The van der Waals surface area contributed by atoms with Crippen molar-refractivity contribution >= 4 is 17.5 Å². The first-order chi connectivity index (χ1) is 17.7. The summed E-state index contributed by atoms with van der Waals surface area (Å²) in [5, 5.41) is 7.09. The van der Waals surface area contributed by atoms with Gasteiger partial charge in [0.1, 0.15) is 0 Å². The van der Waals surface area contributed by atoms with E-state index in [2.05, 4.69) is 28.0 Å². The maximum atomic E-state index is 13.1. The largest absolute Gasteiger partial charge is 0.346 e. The van der Waals surface area contributed by atoms with Gasteiger partial charge in [-0.1, -0.05) is 122 Å². The molecular weight excluding hydrogens is 446 g/mol. The van der Waals surface area contributed by atoms with E-state index in [4.69, 9.17) is 0 Å². The Bertz CT molecular complexity index is 1260. The van der Waals surface area contributed by atoms with Crippen LogP contribution < -0.4 is 10.7 Å². The van der Waals surface area contributed by atoms with E-state index in [1.807, 2.05) is 110 Å². The summed E-state index contributed by atoms with van der Waals surface area (Å²) in [5.41, 5.74) is 8.29. The zero-order valence-corrected chi connectivity index (χ0v) is 20.2. The number of rotatable bonds is 9. The lowest BCUT2D eigenvalue weighted by atomic mass is 9.90. The maximum absolute atomic E-state index is 13.1.